The van der Waals surface area contributed by atoms with Gasteiger partial charge in [-0.1, -0.05) is 6.07 Å². The second-order valence-corrected chi connectivity index (χ2v) is 7.93. The number of ether oxygens (including phenoxy) is 1. The zero-order valence-corrected chi connectivity index (χ0v) is 16.8. The number of hydrogen-bond donors (Lipinski definition) is 1. The summed E-state index contributed by atoms with van der Waals surface area (Å²) < 4.78 is 5.46. The lowest BCUT2D eigenvalue weighted by Crippen LogP contribution is -2.53. The molecule has 0 saturated carbocycles. The minimum absolute atomic E-state index is 0.292. The van der Waals surface area contributed by atoms with E-state index in [0.717, 1.165) is 70.8 Å². The van der Waals surface area contributed by atoms with Crippen molar-refractivity contribution < 1.29 is 9.53 Å². The van der Waals surface area contributed by atoms with Crippen molar-refractivity contribution in [2.75, 3.05) is 57.9 Å². The SMILES string of the molecule is CCN(CC1CCN(c2ccccn2)CC1)C(=O)C1(COC)CCNCC1. The first-order chi connectivity index (χ1) is 13.2. The van der Waals surface area contributed by atoms with E-state index in [1.54, 1.807) is 7.11 Å². The fourth-order valence-electron chi connectivity index (χ4n) is 4.49. The maximum absolute atomic E-state index is 13.4. The Morgan fingerprint density at radius 1 is 1.33 bits per heavy atom. The van der Waals surface area contributed by atoms with Crippen LogP contribution in [0.4, 0.5) is 5.82 Å². The van der Waals surface area contributed by atoms with Gasteiger partial charge in [0.15, 0.2) is 0 Å². The van der Waals surface area contributed by atoms with Crippen LogP contribution in [-0.4, -0.2) is 68.8 Å². The second kappa shape index (κ2) is 9.51. The van der Waals surface area contributed by atoms with Gasteiger partial charge in [-0.05, 0) is 63.7 Å². The van der Waals surface area contributed by atoms with Crippen LogP contribution in [0.15, 0.2) is 24.4 Å². The van der Waals surface area contributed by atoms with E-state index < -0.39 is 0 Å². The lowest BCUT2D eigenvalue weighted by atomic mass is 9.78. The van der Waals surface area contributed by atoms with Crippen LogP contribution in [0.1, 0.15) is 32.6 Å². The van der Waals surface area contributed by atoms with Gasteiger partial charge in [0.1, 0.15) is 5.82 Å². The quantitative estimate of drug-likeness (QED) is 0.793. The summed E-state index contributed by atoms with van der Waals surface area (Å²) in [7, 11) is 1.71. The number of pyridine rings is 1. The summed E-state index contributed by atoms with van der Waals surface area (Å²) in [6, 6.07) is 6.08. The number of nitrogens with one attached hydrogen (secondary N) is 1. The van der Waals surface area contributed by atoms with Crippen molar-refractivity contribution in [3.8, 4) is 0 Å². The number of amides is 1. The smallest absolute Gasteiger partial charge is 0.231 e. The Hall–Kier alpha value is -1.66. The van der Waals surface area contributed by atoms with E-state index in [-0.39, 0.29) is 5.41 Å². The van der Waals surface area contributed by atoms with Crippen molar-refractivity contribution in [1.82, 2.24) is 15.2 Å². The predicted octanol–water partition coefficient (Wildman–Crippen LogP) is 2.16. The van der Waals surface area contributed by atoms with Crippen molar-refractivity contribution in [2.45, 2.75) is 32.6 Å². The molecule has 3 heterocycles. The highest BCUT2D eigenvalue weighted by Crippen LogP contribution is 2.32. The highest BCUT2D eigenvalue weighted by molar-refractivity contribution is 5.83. The van der Waals surface area contributed by atoms with Crippen molar-refractivity contribution in [1.29, 1.82) is 0 Å². The van der Waals surface area contributed by atoms with E-state index >= 15 is 0 Å². The van der Waals surface area contributed by atoms with Gasteiger partial charge in [0.05, 0.1) is 12.0 Å². The highest BCUT2D eigenvalue weighted by atomic mass is 16.5. The monoisotopic (exact) mass is 374 g/mol. The van der Waals surface area contributed by atoms with Crippen LogP contribution in [-0.2, 0) is 9.53 Å². The lowest BCUT2D eigenvalue weighted by molar-refractivity contribution is -0.148. The average molecular weight is 375 g/mol. The molecule has 2 fully saturated rings. The van der Waals surface area contributed by atoms with Gasteiger partial charge in [0.2, 0.25) is 5.91 Å². The summed E-state index contributed by atoms with van der Waals surface area (Å²) in [5, 5.41) is 3.37. The Kier molecular flexibility index (Phi) is 7.07. The predicted molar refractivity (Wildman–Crippen MR) is 108 cm³/mol. The summed E-state index contributed by atoms with van der Waals surface area (Å²) in [5.41, 5.74) is -0.343. The number of nitrogens with zero attached hydrogens (tertiary/aromatic N) is 3. The number of anilines is 1. The summed E-state index contributed by atoms with van der Waals surface area (Å²) in [5.74, 6) is 1.92. The molecule has 0 spiro atoms. The molecule has 2 saturated heterocycles. The van der Waals surface area contributed by atoms with Crippen LogP contribution in [0.5, 0.6) is 0 Å². The zero-order valence-electron chi connectivity index (χ0n) is 16.8. The molecule has 0 radical (unpaired) electrons. The third kappa shape index (κ3) is 4.79. The number of rotatable bonds is 7. The van der Waals surface area contributed by atoms with E-state index in [4.69, 9.17) is 4.74 Å². The number of piperidine rings is 2. The maximum Gasteiger partial charge on any atom is 0.231 e. The molecule has 27 heavy (non-hydrogen) atoms. The number of carbonyl (C=O) groups excluding carboxylic acids is 1. The first kappa shape index (κ1) is 20.1. The van der Waals surface area contributed by atoms with Crippen LogP contribution in [0.2, 0.25) is 0 Å². The van der Waals surface area contributed by atoms with Crippen LogP contribution in [0.3, 0.4) is 0 Å². The summed E-state index contributed by atoms with van der Waals surface area (Å²) >= 11 is 0. The van der Waals surface area contributed by atoms with E-state index in [1.165, 1.54) is 0 Å². The van der Waals surface area contributed by atoms with Gasteiger partial charge in [0.25, 0.3) is 0 Å². The minimum Gasteiger partial charge on any atom is -0.384 e. The fourth-order valence-corrected chi connectivity index (χ4v) is 4.49. The lowest BCUT2D eigenvalue weighted by Gasteiger charge is -2.41. The molecule has 1 N–H and O–H groups in total. The first-order valence-electron chi connectivity index (χ1n) is 10.3. The summed E-state index contributed by atoms with van der Waals surface area (Å²) in [6.07, 6.45) is 5.81. The van der Waals surface area contributed by atoms with Gasteiger partial charge in [-0.15, -0.1) is 0 Å². The first-order valence-corrected chi connectivity index (χ1v) is 10.3. The standard InChI is InChI=1S/C21H34N4O2/c1-3-24(20(26)21(17-27-2)9-12-22-13-10-21)16-18-7-14-25(15-8-18)19-6-4-5-11-23-19/h4-6,11,18,22H,3,7-10,12-17H2,1-2H3. The molecule has 0 atom stereocenters. The Bertz CT molecular complexity index is 576. The maximum atomic E-state index is 13.4. The molecule has 3 rings (SSSR count). The Labute approximate surface area is 163 Å². The topological polar surface area (TPSA) is 57.7 Å². The van der Waals surface area contributed by atoms with E-state index in [0.29, 0.717) is 18.4 Å². The number of methoxy groups -OCH3 is 1. The summed E-state index contributed by atoms with van der Waals surface area (Å²) in [4.78, 5) is 22.3. The Morgan fingerprint density at radius 3 is 2.67 bits per heavy atom. The van der Waals surface area contributed by atoms with E-state index in [1.807, 2.05) is 18.3 Å². The van der Waals surface area contributed by atoms with Gasteiger partial charge in [-0.25, -0.2) is 4.98 Å². The highest BCUT2D eigenvalue weighted by Gasteiger charge is 2.42. The van der Waals surface area contributed by atoms with E-state index in [9.17, 15) is 4.79 Å². The Morgan fingerprint density at radius 2 is 2.07 bits per heavy atom. The molecule has 150 valence electrons. The third-order valence-corrected chi connectivity index (χ3v) is 6.17. The molecular formula is C21H34N4O2. The molecule has 1 amide bonds. The van der Waals surface area contributed by atoms with Gasteiger partial charge < -0.3 is 19.9 Å². The van der Waals surface area contributed by atoms with Crippen molar-refractivity contribution in [3.63, 3.8) is 0 Å². The van der Waals surface area contributed by atoms with Crippen LogP contribution >= 0.6 is 0 Å². The molecule has 1 aromatic rings. The third-order valence-electron chi connectivity index (χ3n) is 6.17. The minimum atomic E-state index is -0.343. The normalized spacial score (nSPS) is 20.4. The molecule has 6 heteroatoms. The molecule has 1 aromatic heterocycles. The molecular weight excluding hydrogens is 340 g/mol. The molecule has 0 aliphatic carbocycles. The van der Waals surface area contributed by atoms with Gasteiger partial charge in [-0.3, -0.25) is 4.79 Å². The van der Waals surface area contributed by atoms with Gasteiger partial charge in [0, 0.05) is 39.5 Å². The van der Waals surface area contributed by atoms with Gasteiger partial charge >= 0.3 is 0 Å². The fraction of sp³-hybridized carbons (Fsp3) is 0.714. The van der Waals surface area contributed by atoms with Crippen LogP contribution in [0.25, 0.3) is 0 Å². The zero-order chi connectivity index (χ0) is 19.1. The molecule has 0 unspecified atom stereocenters. The van der Waals surface area contributed by atoms with Crippen LogP contribution in [0, 0.1) is 11.3 Å². The summed E-state index contributed by atoms with van der Waals surface area (Å²) in [6.45, 7) is 8.10. The van der Waals surface area contributed by atoms with Crippen LogP contribution < -0.4 is 10.2 Å². The molecule has 2 aliphatic rings. The van der Waals surface area contributed by atoms with Gasteiger partial charge in [-0.2, -0.15) is 0 Å². The largest absolute Gasteiger partial charge is 0.384 e. The number of hydrogen-bond acceptors (Lipinski definition) is 5. The van der Waals surface area contributed by atoms with Crippen molar-refractivity contribution >= 4 is 11.7 Å². The average Bonchev–Trinajstić information content (AvgIpc) is 2.73. The number of aromatic nitrogens is 1. The molecule has 6 nitrogen and oxygen atoms in total. The number of carbonyl (C=O) groups is 1. The molecule has 0 bridgehead atoms. The Balaban J connectivity index is 1.57. The van der Waals surface area contributed by atoms with Crippen molar-refractivity contribution in [3.05, 3.63) is 24.4 Å². The molecule has 0 aromatic carbocycles. The second-order valence-electron chi connectivity index (χ2n) is 7.93. The van der Waals surface area contributed by atoms with Crippen molar-refractivity contribution in [2.24, 2.45) is 11.3 Å². The van der Waals surface area contributed by atoms with E-state index in [2.05, 4.69) is 33.1 Å². The molecule has 2 aliphatic heterocycles.